The second-order valence-corrected chi connectivity index (χ2v) is 6.72. The Hall–Kier alpha value is -1.97. The van der Waals surface area contributed by atoms with E-state index in [0.717, 1.165) is 14.2 Å². The second kappa shape index (κ2) is 7.07. The summed E-state index contributed by atoms with van der Waals surface area (Å²) in [6, 6.07) is 7.71. The van der Waals surface area contributed by atoms with Crippen molar-refractivity contribution in [3.8, 4) is 0 Å². The van der Waals surface area contributed by atoms with E-state index in [0.29, 0.717) is 0 Å². The molecule has 0 unspecified atom stereocenters. The Kier molecular flexibility index (Phi) is 5.34. The van der Waals surface area contributed by atoms with Gasteiger partial charge in [0.1, 0.15) is 5.75 Å². The zero-order valence-corrected chi connectivity index (χ0v) is 13.3. The van der Waals surface area contributed by atoms with E-state index in [1.54, 1.807) is 18.2 Å². The monoisotopic (exact) mass is 344 g/mol. The van der Waals surface area contributed by atoms with Crippen LogP contribution in [0.15, 0.2) is 35.2 Å². The van der Waals surface area contributed by atoms with E-state index >= 15 is 0 Å². The highest BCUT2D eigenvalue weighted by Crippen LogP contribution is 2.24. The highest BCUT2D eigenvalue weighted by atomic mass is 32.2. The third-order valence-corrected chi connectivity index (χ3v) is 4.90. The molecule has 9 heteroatoms. The van der Waals surface area contributed by atoms with Crippen molar-refractivity contribution in [1.82, 2.24) is 0 Å². The zero-order chi connectivity index (χ0) is 17.0. The first-order valence-corrected chi connectivity index (χ1v) is 8.28. The first kappa shape index (κ1) is 17.4. The Bertz CT molecular complexity index is 645. The number of carbonyl (C=O) groups excluding carboxylic acids is 2. The lowest BCUT2D eigenvalue weighted by atomic mass is 10.2. The fourth-order valence-corrected chi connectivity index (χ4v) is 3.35. The predicted octanol–water partition coefficient (Wildman–Crippen LogP) is -0.0836. The van der Waals surface area contributed by atoms with E-state index in [9.17, 15) is 18.0 Å². The summed E-state index contributed by atoms with van der Waals surface area (Å²) in [4.78, 5) is 23.4. The Morgan fingerprint density at radius 2 is 1.48 bits per heavy atom. The molecule has 1 aromatic carbocycles. The van der Waals surface area contributed by atoms with Gasteiger partial charge in [0.15, 0.2) is 28.3 Å². The molecule has 23 heavy (non-hydrogen) atoms. The van der Waals surface area contributed by atoms with Crippen LogP contribution in [-0.2, 0) is 38.4 Å². The molecule has 1 aliphatic rings. The van der Waals surface area contributed by atoms with Crippen molar-refractivity contribution in [2.45, 2.75) is 23.4 Å². The van der Waals surface area contributed by atoms with Crippen molar-refractivity contribution in [3.05, 3.63) is 30.3 Å². The Labute approximate surface area is 133 Å². The maximum atomic E-state index is 12.3. The van der Waals surface area contributed by atoms with Crippen molar-refractivity contribution in [1.29, 1.82) is 0 Å². The number of methoxy groups -OCH3 is 2. The van der Waals surface area contributed by atoms with E-state index in [1.165, 1.54) is 12.1 Å². The van der Waals surface area contributed by atoms with Crippen LogP contribution in [0.2, 0.25) is 0 Å². The van der Waals surface area contributed by atoms with Gasteiger partial charge in [0.2, 0.25) is 0 Å². The van der Waals surface area contributed by atoms with Gasteiger partial charge in [-0.3, -0.25) is 0 Å². The lowest BCUT2D eigenvalue weighted by Gasteiger charge is -2.11. The number of benzene rings is 1. The highest BCUT2D eigenvalue weighted by Gasteiger charge is 2.47. The second-order valence-electron chi connectivity index (χ2n) is 4.68. The molecule has 0 saturated carbocycles. The smallest absolute Gasteiger partial charge is 0.338 e. The molecule has 8 nitrogen and oxygen atoms in total. The SMILES string of the molecule is COC(=O)[C@@H]1OC(CS(=O)(=O)c2ccccc2)O[C@H]1C(=O)OC. The zero-order valence-electron chi connectivity index (χ0n) is 12.5. The minimum atomic E-state index is -3.71. The van der Waals surface area contributed by atoms with Crippen molar-refractivity contribution >= 4 is 21.8 Å². The molecule has 1 saturated heterocycles. The lowest BCUT2D eigenvalue weighted by Crippen LogP contribution is -2.38. The van der Waals surface area contributed by atoms with Gasteiger partial charge in [0.25, 0.3) is 0 Å². The van der Waals surface area contributed by atoms with Crippen LogP contribution < -0.4 is 0 Å². The summed E-state index contributed by atoms with van der Waals surface area (Å²) in [6.45, 7) is 0. The average Bonchev–Trinajstić information content (AvgIpc) is 2.97. The molecule has 0 N–H and O–H groups in total. The minimum Gasteiger partial charge on any atom is -0.467 e. The quantitative estimate of drug-likeness (QED) is 0.683. The first-order valence-electron chi connectivity index (χ1n) is 6.63. The number of hydrogen-bond donors (Lipinski definition) is 0. The molecule has 0 aromatic heterocycles. The molecule has 1 fully saturated rings. The molecule has 1 aromatic rings. The summed E-state index contributed by atoms with van der Waals surface area (Å²) in [6.07, 6.45) is -4.03. The van der Waals surface area contributed by atoms with Crippen LogP contribution in [0, 0.1) is 0 Å². The largest absolute Gasteiger partial charge is 0.467 e. The van der Waals surface area contributed by atoms with Crippen LogP contribution in [0.5, 0.6) is 0 Å². The van der Waals surface area contributed by atoms with Gasteiger partial charge in [-0.1, -0.05) is 18.2 Å². The standard InChI is InChI=1S/C14H16O8S/c1-19-13(15)11-12(14(16)20-2)22-10(21-11)8-23(17,18)9-6-4-3-5-7-9/h3-7,10-12H,8H2,1-2H3/t11-,12-/m1/s1. The maximum absolute atomic E-state index is 12.3. The van der Waals surface area contributed by atoms with Crippen LogP contribution in [0.25, 0.3) is 0 Å². The molecule has 2 rings (SSSR count). The van der Waals surface area contributed by atoms with Gasteiger partial charge in [-0.25, -0.2) is 18.0 Å². The number of carbonyl (C=O) groups is 2. The molecule has 1 heterocycles. The Morgan fingerprint density at radius 1 is 1.00 bits per heavy atom. The van der Waals surface area contributed by atoms with Gasteiger partial charge in [0.05, 0.1) is 19.1 Å². The fraction of sp³-hybridized carbons (Fsp3) is 0.429. The van der Waals surface area contributed by atoms with Crippen LogP contribution in [0.4, 0.5) is 0 Å². The van der Waals surface area contributed by atoms with Crippen LogP contribution in [-0.4, -0.2) is 58.8 Å². The predicted molar refractivity (Wildman–Crippen MR) is 76.1 cm³/mol. The molecule has 0 radical (unpaired) electrons. The van der Waals surface area contributed by atoms with Gasteiger partial charge in [-0.2, -0.15) is 0 Å². The molecular formula is C14H16O8S. The Balaban J connectivity index is 2.16. The minimum absolute atomic E-state index is 0.0864. The molecule has 0 spiro atoms. The third kappa shape index (κ3) is 3.87. The number of rotatable bonds is 5. The molecule has 1 aliphatic heterocycles. The van der Waals surface area contributed by atoms with Crippen molar-refractivity contribution in [2.24, 2.45) is 0 Å². The van der Waals surface area contributed by atoms with Crippen molar-refractivity contribution in [3.63, 3.8) is 0 Å². The Morgan fingerprint density at radius 3 is 1.91 bits per heavy atom. The van der Waals surface area contributed by atoms with Crippen LogP contribution in [0.1, 0.15) is 0 Å². The lowest BCUT2D eigenvalue weighted by molar-refractivity contribution is -0.160. The van der Waals surface area contributed by atoms with Crippen LogP contribution in [0.3, 0.4) is 0 Å². The summed E-state index contributed by atoms with van der Waals surface area (Å²) in [5.41, 5.74) is 0. The van der Waals surface area contributed by atoms with E-state index in [-0.39, 0.29) is 4.90 Å². The van der Waals surface area contributed by atoms with E-state index < -0.39 is 46.0 Å². The molecule has 0 aliphatic carbocycles. The molecule has 2 atom stereocenters. The number of esters is 2. The third-order valence-electron chi connectivity index (χ3n) is 3.20. The summed E-state index contributed by atoms with van der Waals surface area (Å²) in [7, 11) is -1.47. The summed E-state index contributed by atoms with van der Waals surface area (Å²) in [5, 5.41) is 0. The average molecular weight is 344 g/mol. The van der Waals surface area contributed by atoms with Crippen LogP contribution >= 0.6 is 0 Å². The molecular weight excluding hydrogens is 328 g/mol. The maximum Gasteiger partial charge on any atom is 0.338 e. The number of hydrogen-bond acceptors (Lipinski definition) is 8. The normalized spacial score (nSPS) is 21.8. The summed E-state index contributed by atoms with van der Waals surface area (Å²) in [5.74, 6) is -2.24. The van der Waals surface area contributed by atoms with Gasteiger partial charge in [-0.15, -0.1) is 0 Å². The number of sulfone groups is 1. The summed E-state index contributed by atoms with van der Waals surface area (Å²) < 4.78 is 44.1. The molecule has 0 bridgehead atoms. The van der Waals surface area contributed by atoms with Gasteiger partial charge in [0, 0.05) is 0 Å². The molecule has 0 amide bonds. The topological polar surface area (TPSA) is 105 Å². The highest BCUT2D eigenvalue weighted by molar-refractivity contribution is 7.91. The summed E-state index contributed by atoms with van der Waals surface area (Å²) >= 11 is 0. The van der Waals surface area contributed by atoms with Gasteiger partial charge >= 0.3 is 11.9 Å². The van der Waals surface area contributed by atoms with E-state index in [2.05, 4.69) is 9.47 Å². The first-order chi connectivity index (χ1) is 10.9. The van der Waals surface area contributed by atoms with Gasteiger partial charge < -0.3 is 18.9 Å². The van der Waals surface area contributed by atoms with E-state index in [4.69, 9.17) is 9.47 Å². The van der Waals surface area contributed by atoms with Crippen molar-refractivity contribution < 1.29 is 37.0 Å². The van der Waals surface area contributed by atoms with Crippen molar-refractivity contribution in [2.75, 3.05) is 20.0 Å². The molecule has 126 valence electrons. The number of ether oxygens (including phenoxy) is 4. The van der Waals surface area contributed by atoms with E-state index in [1.807, 2.05) is 0 Å². The van der Waals surface area contributed by atoms with Gasteiger partial charge in [-0.05, 0) is 12.1 Å². The fourth-order valence-electron chi connectivity index (χ4n) is 2.07.